The summed E-state index contributed by atoms with van der Waals surface area (Å²) in [5.41, 5.74) is 5.25. The zero-order valence-electron chi connectivity index (χ0n) is 16.3. The molecule has 0 saturated carbocycles. The van der Waals surface area contributed by atoms with Crippen molar-refractivity contribution in [2.45, 2.75) is 13.5 Å². The Kier molecular flexibility index (Phi) is 5.59. The maximum Gasteiger partial charge on any atom is 0.235 e. The fraction of sp³-hybridized carbons (Fsp3) is 0.0870. The number of benzene rings is 2. The number of nitriles is 1. The second kappa shape index (κ2) is 8.64. The van der Waals surface area contributed by atoms with Crippen LogP contribution in [0.5, 0.6) is 0 Å². The third-order valence-electron chi connectivity index (χ3n) is 4.54. The lowest BCUT2D eigenvalue weighted by Crippen LogP contribution is -2.01. The molecule has 0 spiro atoms. The average Bonchev–Trinajstić information content (AvgIpc) is 3.26. The summed E-state index contributed by atoms with van der Waals surface area (Å²) in [5, 5.41) is 14.1. The van der Waals surface area contributed by atoms with E-state index >= 15 is 0 Å². The lowest BCUT2D eigenvalue weighted by Gasteiger charge is -2.04. The van der Waals surface area contributed by atoms with Gasteiger partial charge in [-0.15, -0.1) is 0 Å². The van der Waals surface area contributed by atoms with Crippen molar-refractivity contribution in [2.24, 2.45) is 4.99 Å². The number of hydrogen-bond donors (Lipinski definition) is 1. The number of anilines is 1. The number of fused-ring (bicyclic) bond motifs is 1. The number of aromatic nitrogens is 3. The molecule has 0 unspecified atom stereocenters. The van der Waals surface area contributed by atoms with Crippen molar-refractivity contribution in [1.29, 1.82) is 5.26 Å². The lowest BCUT2D eigenvalue weighted by molar-refractivity contribution is 1.09. The molecule has 0 amide bonds. The Morgan fingerprint density at radius 2 is 2.13 bits per heavy atom. The predicted octanol–water partition coefficient (Wildman–Crippen LogP) is 5.60. The summed E-state index contributed by atoms with van der Waals surface area (Å²) in [6, 6.07) is 15.6. The highest BCUT2D eigenvalue weighted by molar-refractivity contribution is 7.09. The molecule has 0 fully saturated rings. The minimum absolute atomic E-state index is 0.558. The Morgan fingerprint density at radius 1 is 1.23 bits per heavy atom. The number of nitrogens with one attached hydrogen (secondary N) is 1. The van der Waals surface area contributed by atoms with Crippen molar-refractivity contribution >= 4 is 46.9 Å². The van der Waals surface area contributed by atoms with E-state index in [0.717, 1.165) is 38.3 Å². The number of pyridine rings is 1. The van der Waals surface area contributed by atoms with E-state index in [0.29, 0.717) is 18.1 Å². The van der Waals surface area contributed by atoms with Crippen LogP contribution >= 0.6 is 11.5 Å². The number of aliphatic imine (C=N–C) groups is 1. The summed E-state index contributed by atoms with van der Waals surface area (Å²) in [6.45, 7) is 6.15. The Bertz CT molecular complexity index is 1300. The van der Waals surface area contributed by atoms with Crippen LogP contribution in [0, 0.1) is 11.3 Å². The zero-order chi connectivity index (χ0) is 20.9. The summed E-state index contributed by atoms with van der Waals surface area (Å²) in [7, 11) is 0. The Labute approximate surface area is 178 Å². The van der Waals surface area contributed by atoms with Crippen LogP contribution in [0.4, 0.5) is 11.6 Å². The summed E-state index contributed by atoms with van der Waals surface area (Å²) in [6.07, 6.45) is 5.77. The van der Waals surface area contributed by atoms with Crippen molar-refractivity contribution in [3.05, 3.63) is 71.4 Å². The van der Waals surface area contributed by atoms with Crippen molar-refractivity contribution in [1.82, 2.24) is 14.3 Å². The molecular formula is C23H18N6S. The van der Waals surface area contributed by atoms with Crippen LogP contribution in [0.2, 0.25) is 0 Å². The lowest BCUT2D eigenvalue weighted by atomic mass is 10.1. The first-order valence-corrected chi connectivity index (χ1v) is 10.1. The highest BCUT2D eigenvalue weighted by Gasteiger charge is 2.09. The van der Waals surface area contributed by atoms with Crippen LogP contribution in [0.1, 0.15) is 23.6 Å². The van der Waals surface area contributed by atoms with Crippen molar-refractivity contribution in [3.63, 3.8) is 0 Å². The summed E-state index contributed by atoms with van der Waals surface area (Å²) < 4.78 is 4.42. The van der Waals surface area contributed by atoms with Gasteiger partial charge >= 0.3 is 0 Å². The summed E-state index contributed by atoms with van der Waals surface area (Å²) in [5.74, 6) is 0.577. The van der Waals surface area contributed by atoms with E-state index in [1.165, 1.54) is 11.5 Å². The van der Waals surface area contributed by atoms with Crippen molar-refractivity contribution < 1.29 is 0 Å². The Balaban J connectivity index is 1.50. The van der Waals surface area contributed by atoms with Gasteiger partial charge in [0.2, 0.25) is 5.95 Å². The molecule has 1 N–H and O–H groups in total. The highest BCUT2D eigenvalue weighted by Crippen LogP contribution is 2.29. The molecule has 6 nitrogen and oxygen atoms in total. The molecule has 4 aromatic rings. The average molecular weight is 411 g/mol. The first-order valence-electron chi connectivity index (χ1n) is 9.30. The van der Waals surface area contributed by atoms with Crippen LogP contribution in [0.3, 0.4) is 0 Å². The molecule has 146 valence electrons. The van der Waals surface area contributed by atoms with Crippen LogP contribution in [-0.4, -0.2) is 21.1 Å². The van der Waals surface area contributed by atoms with E-state index in [1.54, 1.807) is 18.3 Å². The monoisotopic (exact) mass is 410 g/mol. The maximum atomic E-state index is 9.00. The molecule has 2 aromatic heterocycles. The van der Waals surface area contributed by atoms with Gasteiger partial charge in [0.15, 0.2) is 0 Å². The predicted molar refractivity (Wildman–Crippen MR) is 123 cm³/mol. The van der Waals surface area contributed by atoms with E-state index in [-0.39, 0.29) is 0 Å². The Morgan fingerprint density at radius 3 is 2.93 bits per heavy atom. The molecule has 0 aliphatic rings. The van der Waals surface area contributed by atoms with E-state index < -0.39 is 0 Å². The molecule has 30 heavy (non-hydrogen) atoms. The van der Waals surface area contributed by atoms with Gasteiger partial charge in [0.05, 0.1) is 22.8 Å². The van der Waals surface area contributed by atoms with Gasteiger partial charge in [-0.05, 0) is 67.1 Å². The number of nitrogens with zero attached hydrogens (tertiary/aromatic N) is 5. The molecule has 0 saturated heterocycles. The van der Waals surface area contributed by atoms with Gasteiger partial charge in [-0.3, -0.25) is 9.98 Å². The molecule has 7 heteroatoms. The zero-order valence-corrected chi connectivity index (χ0v) is 17.1. The van der Waals surface area contributed by atoms with Gasteiger partial charge in [-0.2, -0.15) is 14.6 Å². The summed E-state index contributed by atoms with van der Waals surface area (Å²) >= 11 is 1.34. The van der Waals surface area contributed by atoms with Gasteiger partial charge in [-0.1, -0.05) is 18.2 Å². The van der Waals surface area contributed by atoms with Gasteiger partial charge in [0, 0.05) is 29.3 Å². The van der Waals surface area contributed by atoms with Crippen molar-refractivity contribution in [3.8, 4) is 16.6 Å². The fourth-order valence-electron chi connectivity index (χ4n) is 3.07. The summed E-state index contributed by atoms with van der Waals surface area (Å²) in [4.78, 5) is 13.1. The van der Waals surface area contributed by atoms with Crippen LogP contribution in [0.15, 0.2) is 59.7 Å². The Hall–Kier alpha value is -3.89. The van der Waals surface area contributed by atoms with Crippen LogP contribution in [-0.2, 0) is 6.54 Å². The van der Waals surface area contributed by atoms with E-state index in [4.69, 9.17) is 5.26 Å². The number of hydrogen-bond acceptors (Lipinski definition) is 7. The maximum absolute atomic E-state index is 9.00. The SMILES string of the molecule is C=Nc1ccc(-c2nc(NCc3cnc4cc(C#N)ccc4c3)ns2)cc1/C=C\C. The topological polar surface area (TPSA) is 86.9 Å². The van der Waals surface area contributed by atoms with Gasteiger partial charge in [0.25, 0.3) is 0 Å². The molecular weight excluding hydrogens is 392 g/mol. The minimum Gasteiger partial charge on any atom is -0.349 e. The molecule has 0 bridgehead atoms. The third kappa shape index (κ3) is 4.09. The van der Waals surface area contributed by atoms with Crippen molar-refractivity contribution in [2.75, 3.05) is 5.32 Å². The minimum atomic E-state index is 0.558. The van der Waals surface area contributed by atoms with E-state index in [2.05, 4.69) is 37.4 Å². The van der Waals surface area contributed by atoms with Gasteiger partial charge in [0.1, 0.15) is 5.01 Å². The second-order valence-electron chi connectivity index (χ2n) is 6.57. The van der Waals surface area contributed by atoms with Gasteiger partial charge in [-0.25, -0.2) is 0 Å². The first kappa shape index (κ1) is 19.4. The molecule has 0 atom stereocenters. The molecule has 2 aromatic carbocycles. The standard InChI is InChI=1S/C23H18N6S/c1-3-4-17-11-19(7-8-20(17)25-2)22-28-23(29-30-22)27-14-16-9-18-6-5-15(12-24)10-21(18)26-13-16/h3-11,13H,2,14H2,1H3,(H,27,29)/b4-3-. The third-order valence-corrected chi connectivity index (χ3v) is 5.30. The fourth-order valence-corrected chi connectivity index (χ4v) is 3.71. The normalized spacial score (nSPS) is 10.9. The highest BCUT2D eigenvalue weighted by atomic mass is 32.1. The largest absolute Gasteiger partial charge is 0.349 e. The molecule has 2 heterocycles. The quantitative estimate of drug-likeness (QED) is 0.418. The number of allylic oxidation sites excluding steroid dienone is 1. The molecule has 0 aliphatic carbocycles. The van der Waals surface area contributed by atoms with Crippen LogP contribution < -0.4 is 5.32 Å². The molecule has 0 radical (unpaired) electrons. The second-order valence-corrected chi connectivity index (χ2v) is 7.32. The van der Waals surface area contributed by atoms with Crippen LogP contribution in [0.25, 0.3) is 27.6 Å². The van der Waals surface area contributed by atoms with E-state index in [1.807, 2.05) is 49.4 Å². The smallest absolute Gasteiger partial charge is 0.235 e. The number of rotatable bonds is 6. The van der Waals surface area contributed by atoms with Gasteiger partial charge < -0.3 is 5.32 Å². The molecule has 4 rings (SSSR count). The molecule has 0 aliphatic heterocycles. The first-order chi connectivity index (χ1) is 14.7. The van der Waals surface area contributed by atoms with E-state index in [9.17, 15) is 0 Å².